The van der Waals surface area contributed by atoms with Crippen LogP contribution in [-0.2, 0) is 0 Å². The molecule has 23 heavy (non-hydrogen) atoms. The lowest BCUT2D eigenvalue weighted by Gasteiger charge is -2.32. The maximum atomic E-state index is 11.7. The number of nitrogens with two attached hydrogens (primary N) is 2. The van der Waals surface area contributed by atoms with Gasteiger partial charge in [-0.1, -0.05) is 13.8 Å². The monoisotopic (exact) mass is 313 g/mol. The number of fused-ring (bicyclic) bond motifs is 1. The normalized spacial score (nSPS) is 22.3. The number of aromatic nitrogens is 2. The molecule has 2 aromatic heterocycles. The number of terminal acetylenes is 1. The minimum absolute atomic E-state index is 0.0399. The Morgan fingerprint density at radius 3 is 2.70 bits per heavy atom. The van der Waals surface area contributed by atoms with E-state index in [0.29, 0.717) is 5.56 Å². The van der Waals surface area contributed by atoms with Crippen molar-refractivity contribution in [2.24, 2.45) is 16.9 Å². The van der Waals surface area contributed by atoms with Gasteiger partial charge in [0.1, 0.15) is 0 Å². The number of carbonyl (C=O) groups is 1. The van der Waals surface area contributed by atoms with Gasteiger partial charge >= 0.3 is 0 Å². The number of primary amides is 1. The van der Waals surface area contributed by atoms with Crippen molar-refractivity contribution < 1.29 is 4.79 Å². The zero-order chi connectivity index (χ0) is 17.2. The van der Waals surface area contributed by atoms with Crippen LogP contribution in [0.1, 0.15) is 37.0 Å². The van der Waals surface area contributed by atoms with E-state index < -0.39 is 5.91 Å². The van der Waals surface area contributed by atoms with E-state index in [0.717, 1.165) is 24.0 Å². The third-order valence-corrected chi connectivity index (χ3v) is 4.77. The van der Waals surface area contributed by atoms with Crippen LogP contribution in [0.3, 0.4) is 0 Å². The number of carbonyl (C=O) groups excluding carboxylic acids is 1. The van der Waals surface area contributed by atoms with E-state index >= 15 is 0 Å². The van der Waals surface area contributed by atoms with E-state index in [9.17, 15) is 4.79 Å². The number of hydrogen-bond acceptors (Lipinski definition) is 4. The lowest BCUT2D eigenvalue weighted by Crippen LogP contribution is -2.42. The molecule has 0 spiro atoms. The van der Waals surface area contributed by atoms with Crippen LogP contribution in [0, 0.1) is 18.3 Å². The summed E-state index contributed by atoms with van der Waals surface area (Å²) in [7, 11) is 0. The van der Waals surface area contributed by atoms with Crippen LogP contribution >= 0.6 is 0 Å². The first kappa shape index (κ1) is 16.8. The predicted molar refractivity (Wildman–Crippen MR) is 92.0 cm³/mol. The van der Waals surface area contributed by atoms with Crippen LogP contribution < -0.4 is 16.8 Å². The number of anilines is 1. The Labute approximate surface area is 136 Å². The molecule has 1 aliphatic carbocycles. The fourth-order valence-corrected chi connectivity index (χ4v) is 3.11. The third-order valence-electron chi connectivity index (χ3n) is 4.77. The lowest BCUT2D eigenvalue weighted by molar-refractivity contribution is 0.100. The van der Waals surface area contributed by atoms with Crippen LogP contribution in [0.4, 0.5) is 5.69 Å². The molecule has 0 saturated heterocycles. The largest absolute Gasteiger partial charge is 0.379 e. The van der Waals surface area contributed by atoms with E-state index in [-0.39, 0.29) is 17.5 Å². The van der Waals surface area contributed by atoms with Crippen LogP contribution in [-0.4, -0.2) is 27.6 Å². The molecule has 1 fully saturated rings. The predicted octanol–water partition coefficient (Wildman–Crippen LogP) is 1.61. The maximum Gasteiger partial charge on any atom is 0.252 e. The van der Waals surface area contributed by atoms with E-state index in [4.69, 9.17) is 11.5 Å². The first-order valence-electron chi connectivity index (χ1n) is 7.53. The summed E-state index contributed by atoms with van der Waals surface area (Å²) in [4.78, 5) is 11.7. The van der Waals surface area contributed by atoms with E-state index in [2.05, 4.69) is 37.1 Å². The quantitative estimate of drug-likeness (QED) is 0.750. The Morgan fingerprint density at radius 2 is 2.13 bits per heavy atom. The Bertz CT molecular complexity index is 731. The highest BCUT2D eigenvalue weighted by Gasteiger charge is 2.41. The number of hydrogen-bond donors (Lipinski definition) is 3. The smallest absolute Gasteiger partial charge is 0.252 e. The van der Waals surface area contributed by atoms with Gasteiger partial charge in [-0.15, -0.1) is 12.8 Å². The van der Waals surface area contributed by atoms with Gasteiger partial charge in [0.15, 0.2) is 0 Å². The fraction of sp³-hybridized carbons (Fsp3) is 0.412. The molecule has 2 atom stereocenters. The number of amides is 1. The van der Waals surface area contributed by atoms with Crippen molar-refractivity contribution in [3.63, 3.8) is 0 Å². The highest BCUT2D eigenvalue weighted by Crippen LogP contribution is 2.39. The summed E-state index contributed by atoms with van der Waals surface area (Å²) in [5, 5.41) is 7.70. The third kappa shape index (κ3) is 2.88. The second kappa shape index (κ2) is 6.31. The maximum absolute atomic E-state index is 11.7. The van der Waals surface area contributed by atoms with Crippen molar-refractivity contribution in [1.82, 2.24) is 9.61 Å². The highest BCUT2D eigenvalue weighted by molar-refractivity contribution is 6.01. The average Bonchev–Trinajstić information content (AvgIpc) is 3.09. The van der Waals surface area contributed by atoms with Crippen molar-refractivity contribution in [2.75, 3.05) is 5.32 Å². The van der Waals surface area contributed by atoms with Gasteiger partial charge in [-0.3, -0.25) is 4.79 Å². The molecule has 1 aliphatic rings. The van der Waals surface area contributed by atoms with Crippen molar-refractivity contribution in [3.05, 3.63) is 30.1 Å². The summed E-state index contributed by atoms with van der Waals surface area (Å²) < 4.78 is 1.73. The average molecular weight is 313 g/mol. The second-order valence-corrected chi connectivity index (χ2v) is 6.34. The zero-order valence-corrected chi connectivity index (χ0v) is 13.5. The van der Waals surface area contributed by atoms with E-state index in [1.54, 1.807) is 4.52 Å². The molecule has 6 heteroatoms. The standard InChI is InChI=1S/C15H21N5O.C2H2/c1-15(2)11(16)5-6-12(15)19-13-9(14(17)21)8-18-20-7-3-4-10(13)20;1-2/h3-4,7-8,11-12,19H,5-6,16H2,1-2H3,(H2,17,21);1-2H/t11-,12+;/m0./s1. The van der Waals surface area contributed by atoms with Crippen LogP contribution in [0.2, 0.25) is 0 Å². The number of nitrogens with one attached hydrogen (secondary N) is 1. The summed E-state index contributed by atoms with van der Waals surface area (Å²) >= 11 is 0. The highest BCUT2D eigenvalue weighted by atomic mass is 16.1. The molecule has 0 bridgehead atoms. The zero-order valence-electron chi connectivity index (χ0n) is 13.5. The molecular weight excluding hydrogens is 290 g/mol. The summed E-state index contributed by atoms with van der Waals surface area (Å²) in [5.41, 5.74) is 13.7. The van der Waals surface area contributed by atoms with Gasteiger partial charge in [-0.05, 0) is 30.4 Å². The molecule has 6 nitrogen and oxygen atoms in total. The molecule has 3 rings (SSSR count). The van der Waals surface area contributed by atoms with Gasteiger partial charge in [-0.2, -0.15) is 5.10 Å². The number of rotatable bonds is 3. The van der Waals surface area contributed by atoms with Gasteiger partial charge in [-0.25, -0.2) is 4.52 Å². The van der Waals surface area contributed by atoms with Gasteiger partial charge in [0.05, 0.1) is 23.0 Å². The Kier molecular flexibility index (Phi) is 4.62. The SMILES string of the molecule is C#C.CC1(C)[C@@H](N)CC[C@H]1Nc1c(C(N)=O)cnn2cccc12. The Balaban J connectivity index is 0.000000924. The molecule has 122 valence electrons. The van der Waals surface area contributed by atoms with Gasteiger partial charge in [0.2, 0.25) is 0 Å². The van der Waals surface area contributed by atoms with Crippen LogP contribution in [0.25, 0.3) is 5.52 Å². The van der Waals surface area contributed by atoms with E-state index in [1.165, 1.54) is 6.20 Å². The van der Waals surface area contributed by atoms with E-state index in [1.807, 2.05) is 18.3 Å². The van der Waals surface area contributed by atoms with Crippen molar-refractivity contribution in [1.29, 1.82) is 0 Å². The first-order chi connectivity index (χ1) is 10.9. The molecule has 0 aliphatic heterocycles. The first-order valence-corrected chi connectivity index (χ1v) is 7.53. The van der Waals surface area contributed by atoms with Gasteiger partial charge in [0.25, 0.3) is 5.91 Å². The lowest BCUT2D eigenvalue weighted by atomic mass is 9.84. The van der Waals surface area contributed by atoms with Crippen molar-refractivity contribution in [2.45, 2.75) is 38.8 Å². The summed E-state index contributed by atoms with van der Waals surface area (Å²) in [5.74, 6) is -0.478. The molecule has 1 saturated carbocycles. The molecule has 5 N–H and O–H groups in total. The van der Waals surface area contributed by atoms with Crippen LogP contribution in [0.15, 0.2) is 24.5 Å². The molecule has 0 aromatic carbocycles. The molecule has 0 radical (unpaired) electrons. The van der Waals surface area contributed by atoms with Crippen molar-refractivity contribution >= 4 is 17.1 Å². The Hall–Kier alpha value is -2.52. The second-order valence-electron chi connectivity index (χ2n) is 6.34. The minimum atomic E-state index is -0.478. The topological polar surface area (TPSA) is 98.4 Å². The number of nitrogens with zero attached hydrogens (tertiary/aromatic N) is 2. The van der Waals surface area contributed by atoms with Crippen LogP contribution in [0.5, 0.6) is 0 Å². The summed E-state index contributed by atoms with van der Waals surface area (Å²) in [6.07, 6.45) is 13.3. The molecule has 1 amide bonds. The molecule has 2 heterocycles. The van der Waals surface area contributed by atoms with Crippen molar-refractivity contribution in [3.8, 4) is 12.8 Å². The molecule has 0 unspecified atom stereocenters. The van der Waals surface area contributed by atoms with Gasteiger partial charge in [0, 0.05) is 18.3 Å². The summed E-state index contributed by atoms with van der Waals surface area (Å²) in [6, 6.07) is 4.16. The minimum Gasteiger partial charge on any atom is -0.379 e. The Morgan fingerprint density at radius 1 is 1.43 bits per heavy atom. The summed E-state index contributed by atoms with van der Waals surface area (Å²) in [6.45, 7) is 4.31. The molecule has 2 aromatic rings. The molecular formula is C17H23N5O. The van der Waals surface area contributed by atoms with Gasteiger partial charge < -0.3 is 16.8 Å². The fourth-order valence-electron chi connectivity index (χ4n) is 3.11.